The van der Waals surface area contributed by atoms with E-state index >= 15 is 0 Å². The Morgan fingerprint density at radius 1 is 1.30 bits per heavy atom. The van der Waals surface area contributed by atoms with E-state index in [0.717, 1.165) is 0 Å². The second-order valence-corrected chi connectivity index (χ2v) is 5.56. The maximum absolute atomic E-state index is 13.2. The quantitative estimate of drug-likeness (QED) is 0.919. The molecular weight excluding hydrogens is 307 g/mol. The monoisotopic (exact) mass is 321 g/mol. The molecule has 1 aromatic heterocycles. The van der Waals surface area contributed by atoms with Gasteiger partial charge in [0.2, 0.25) is 0 Å². The van der Waals surface area contributed by atoms with Crippen LogP contribution in [0.2, 0.25) is 0 Å². The van der Waals surface area contributed by atoms with Crippen molar-refractivity contribution in [2.45, 2.75) is 37.1 Å². The van der Waals surface area contributed by atoms with Crippen LogP contribution in [0.5, 0.6) is 0 Å². The molecule has 1 aromatic carbocycles. The molecule has 3 rings (SSSR count). The van der Waals surface area contributed by atoms with Crippen molar-refractivity contribution in [2.75, 3.05) is 0 Å². The molecule has 2 aromatic rings. The molecule has 120 valence electrons. The fourth-order valence-electron chi connectivity index (χ4n) is 2.37. The molecule has 0 aliphatic heterocycles. The number of nitrogens with zero attached hydrogens (tertiary/aromatic N) is 4. The first kappa shape index (κ1) is 15.5. The number of nitrogens with one attached hydrogen (secondary N) is 1. The van der Waals surface area contributed by atoms with Crippen LogP contribution >= 0.6 is 0 Å². The van der Waals surface area contributed by atoms with Gasteiger partial charge >= 0.3 is 6.18 Å². The Morgan fingerprint density at radius 2 is 2.00 bits per heavy atom. The molecule has 8 heteroatoms. The summed E-state index contributed by atoms with van der Waals surface area (Å²) in [5, 5.41) is 19.3. The minimum atomic E-state index is -4.41. The number of hydrogen-bond acceptors (Lipinski definition) is 4. The Hall–Kier alpha value is -2.40. The number of hydrogen-bond donors (Lipinski definition) is 1. The van der Waals surface area contributed by atoms with E-state index in [1.807, 2.05) is 0 Å². The molecule has 1 atom stereocenters. The molecule has 1 heterocycles. The third-order valence-corrected chi connectivity index (χ3v) is 3.86. The molecule has 0 amide bonds. The van der Waals surface area contributed by atoms with Gasteiger partial charge in [-0.2, -0.15) is 18.4 Å². The van der Waals surface area contributed by atoms with Crippen LogP contribution in [-0.2, 0) is 12.1 Å². The van der Waals surface area contributed by atoms with Crippen molar-refractivity contribution in [1.29, 1.82) is 5.26 Å². The summed E-state index contributed by atoms with van der Waals surface area (Å²) in [7, 11) is 0. The highest BCUT2D eigenvalue weighted by molar-refractivity contribution is 5.21. The summed E-state index contributed by atoms with van der Waals surface area (Å²) in [6.45, 7) is -0.0828. The largest absolute Gasteiger partial charge is 0.407 e. The van der Waals surface area contributed by atoms with Gasteiger partial charge in [-0.05, 0) is 18.4 Å². The standard InChI is InChI=1S/C15H14F3N5/c16-15(17,18)13(11-4-2-1-3-5-11)20-8-12-9-23(22-21-12)14(10-19)6-7-14/h1-5,9,13,20H,6-8H2. The van der Waals surface area contributed by atoms with Crippen LogP contribution in [-0.4, -0.2) is 21.2 Å². The van der Waals surface area contributed by atoms with Crippen molar-refractivity contribution >= 4 is 0 Å². The van der Waals surface area contributed by atoms with E-state index < -0.39 is 17.8 Å². The van der Waals surface area contributed by atoms with Gasteiger partial charge in [0.15, 0.2) is 5.54 Å². The average molecular weight is 321 g/mol. The third-order valence-electron chi connectivity index (χ3n) is 3.86. The highest BCUT2D eigenvalue weighted by Gasteiger charge is 2.46. The summed E-state index contributed by atoms with van der Waals surface area (Å²) in [5.41, 5.74) is -0.145. The minimum Gasteiger partial charge on any atom is -0.297 e. The molecule has 1 fully saturated rings. The van der Waals surface area contributed by atoms with Gasteiger partial charge in [-0.25, -0.2) is 4.68 Å². The van der Waals surface area contributed by atoms with Gasteiger partial charge in [-0.3, -0.25) is 5.32 Å². The topological polar surface area (TPSA) is 66.5 Å². The summed E-state index contributed by atoms with van der Waals surface area (Å²) < 4.78 is 41.1. The van der Waals surface area contributed by atoms with Crippen molar-refractivity contribution in [3.05, 3.63) is 47.8 Å². The average Bonchev–Trinajstić information content (AvgIpc) is 3.19. The SMILES string of the molecule is N#CC1(n2cc(CNC(c3ccccc3)C(F)(F)F)nn2)CC1. The van der Waals surface area contributed by atoms with Gasteiger partial charge in [0.1, 0.15) is 6.04 Å². The normalized spacial score (nSPS) is 17.5. The fraction of sp³-hybridized carbons (Fsp3) is 0.400. The molecule has 0 bridgehead atoms. The molecule has 0 radical (unpaired) electrons. The lowest BCUT2D eigenvalue weighted by molar-refractivity contribution is -0.158. The summed E-state index contributed by atoms with van der Waals surface area (Å²) in [4.78, 5) is 0. The second-order valence-electron chi connectivity index (χ2n) is 5.56. The van der Waals surface area contributed by atoms with Gasteiger partial charge in [0.05, 0.1) is 18.0 Å². The van der Waals surface area contributed by atoms with Crippen LogP contribution in [0.1, 0.15) is 30.1 Å². The summed E-state index contributed by atoms with van der Waals surface area (Å²) in [6, 6.07) is 8.03. The predicted molar refractivity (Wildman–Crippen MR) is 74.9 cm³/mol. The van der Waals surface area contributed by atoms with Gasteiger partial charge in [-0.1, -0.05) is 35.5 Å². The van der Waals surface area contributed by atoms with E-state index in [9.17, 15) is 13.2 Å². The van der Waals surface area contributed by atoms with E-state index in [0.29, 0.717) is 18.5 Å². The molecule has 1 saturated carbocycles. The lowest BCUT2D eigenvalue weighted by atomic mass is 10.1. The van der Waals surface area contributed by atoms with Crippen LogP contribution in [0, 0.1) is 11.3 Å². The number of aromatic nitrogens is 3. The number of alkyl halides is 3. The van der Waals surface area contributed by atoms with Crippen molar-refractivity contribution in [3.63, 3.8) is 0 Å². The Morgan fingerprint density at radius 3 is 2.57 bits per heavy atom. The molecule has 23 heavy (non-hydrogen) atoms. The maximum Gasteiger partial charge on any atom is 0.407 e. The van der Waals surface area contributed by atoms with Gasteiger partial charge in [-0.15, -0.1) is 5.10 Å². The lowest BCUT2D eigenvalue weighted by Crippen LogP contribution is -2.33. The maximum atomic E-state index is 13.2. The van der Waals surface area contributed by atoms with Crippen molar-refractivity contribution in [2.24, 2.45) is 0 Å². The van der Waals surface area contributed by atoms with Crippen molar-refractivity contribution < 1.29 is 13.2 Å². The molecule has 1 aliphatic carbocycles. The third kappa shape index (κ3) is 3.19. The molecule has 1 aliphatic rings. The molecule has 1 unspecified atom stereocenters. The van der Waals surface area contributed by atoms with E-state index in [1.165, 1.54) is 23.0 Å². The highest BCUT2D eigenvalue weighted by atomic mass is 19.4. The zero-order valence-corrected chi connectivity index (χ0v) is 12.1. The van der Waals surface area contributed by atoms with E-state index in [1.54, 1.807) is 18.2 Å². The van der Waals surface area contributed by atoms with Crippen LogP contribution in [0.25, 0.3) is 0 Å². The van der Waals surface area contributed by atoms with Gasteiger partial charge in [0, 0.05) is 6.54 Å². The predicted octanol–water partition coefficient (Wildman–Crippen LogP) is 2.68. The minimum absolute atomic E-state index is 0.0828. The van der Waals surface area contributed by atoms with Gasteiger partial charge < -0.3 is 0 Å². The Kier molecular flexibility index (Phi) is 3.82. The number of halogens is 3. The Bertz CT molecular complexity index is 713. The second kappa shape index (κ2) is 5.66. The zero-order valence-electron chi connectivity index (χ0n) is 12.1. The van der Waals surface area contributed by atoms with Crippen molar-refractivity contribution in [1.82, 2.24) is 20.3 Å². The van der Waals surface area contributed by atoms with Crippen LogP contribution in [0.4, 0.5) is 13.2 Å². The van der Waals surface area contributed by atoms with E-state index in [4.69, 9.17) is 5.26 Å². The Labute approximate surface area is 130 Å². The fourth-order valence-corrected chi connectivity index (χ4v) is 2.37. The Balaban J connectivity index is 1.72. The molecular formula is C15H14F3N5. The van der Waals surface area contributed by atoms with Crippen LogP contribution in [0.3, 0.4) is 0 Å². The van der Waals surface area contributed by atoms with E-state index in [2.05, 4.69) is 21.7 Å². The smallest absolute Gasteiger partial charge is 0.297 e. The first-order valence-electron chi connectivity index (χ1n) is 7.13. The molecule has 0 spiro atoms. The lowest BCUT2D eigenvalue weighted by Gasteiger charge is -2.21. The highest BCUT2D eigenvalue weighted by Crippen LogP contribution is 2.42. The first-order valence-corrected chi connectivity index (χ1v) is 7.13. The number of nitriles is 1. The van der Waals surface area contributed by atoms with E-state index in [-0.39, 0.29) is 12.1 Å². The number of benzene rings is 1. The van der Waals surface area contributed by atoms with Crippen LogP contribution in [0.15, 0.2) is 36.5 Å². The molecule has 1 N–H and O–H groups in total. The summed E-state index contributed by atoms with van der Waals surface area (Å²) in [6.07, 6.45) is -1.51. The van der Waals surface area contributed by atoms with Crippen LogP contribution < -0.4 is 5.32 Å². The summed E-state index contributed by atoms with van der Waals surface area (Å²) >= 11 is 0. The molecule has 0 saturated heterocycles. The summed E-state index contributed by atoms with van der Waals surface area (Å²) in [5.74, 6) is 0. The van der Waals surface area contributed by atoms with Gasteiger partial charge in [0.25, 0.3) is 0 Å². The van der Waals surface area contributed by atoms with Crippen molar-refractivity contribution in [3.8, 4) is 6.07 Å². The first-order chi connectivity index (χ1) is 10.9. The number of rotatable bonds is 5. The molecule has 5 nitrogen and oxygen atoms in total. The zero-order chi connectivity index (χ0) is 16.5.